The number of ether oxygens (including phenoxy) is 1. The van der Waals surface area contributed by atoms with Gasteiger partial charge >= 0.3 is 6.43 Å². The molecule has 9 heavy (non-hydrogen) atoms. The monoisotopic (exact) mass is 136 g/mol. The summed E-state index contributed by atoms with van der Waals surface area (Å²) in [7, 11) is 0. The first-order valence-corrected chi connectivity index (χ1v) is 2.81. The van der Waals surface area contributed by atoms with Crippen LogP contribution in [0.1, 0.15) is 0 Å². The van der Waals surface area contributed by atoms with Crippen LogP contribution in [-0.2, 0) is 4.74 Å². The van der Waals surface area contributed by atoms with Gasteiger partial charge in [0.25, 0.3) is 0 Å². The summed E-state index contributed by atoms with van der Waals surface area (Å²) in [4.78, 5) is 0. The number of rotatable bonds is 1. The molecule has 0 aliphatic carbocycles. The zero-order chi connectivity index (χ0) is 6.69. The molecule has 1 radical (unpaired) electrons. The lowest BCUT2D eigenvalue weighted by Gasteiger charge is -2.21. The predicted octanol–water partition coefficient (Wildman–Crippen LogP) is 0.403. The van der Waals surface area contributed by atoms with Gasteiger partial charge in [-0.1, -0.05) is 0 Å². The van der Waals surface area contributed by atoms with E-state index in [1.165, 1.54) is 0 Å². The van der Waals surface area contributed by atoms with Crippen LogP contribution in [0.25, 0.3) is 0 Å². The maximum Gasteiger partial charge on any atom is 0.339 e. The van der Waals surface area contributed by atoms with Crippen molar-refractivity contribution >= 4 is 0 Å². The molecule has 0 saturated carbocycles. The predicted molar refractivity (Wildman–Crippen MR) is 28.1 cm³/mol. The van der Waals surface area contributed by atoms with Crippen molar-refractivity contribution in [2.75, 3.05) is 19.7 Å². The van der Waals surface area contributed by atoms with Gasteiger partial charge in [-0.3, -0.25) is 0 Å². The molecule has 0 amide bonds. The molecule has 1 aliphatic heterocycles. The Hall–Kier alpha value is -0.220. The lowest BCUT2D eigenvalue weighted by atomic mass is 10.3. The topological polar surface area (TPSA) is 21.3 Å². The molecular weight excluding hydrogens is 128 g/mol. The summed E-state index contributed by atoms with van der Waals surface area (Å²) >= 11 is 0. The molecule has 0 aromatic rings. The molecule has 0 aromatic carbocycles. The minimum atomic E-state index is -1.64. The Kier molecular flexibility index (Phi) is 2.36. The second-order valence-corrected chi connectivity index (χ2v) is 1.85. The summed E-state index contributed by atoms with van der Waals surface area (Å²) in [5.41, 5.74) is 0. The Balaban J connectivity index is 2.23. The second-order valence-electron chi connectivity index (χ2n) is 1.85. The van der Waals surface area contributed by atoms with Crippen molar-refractivity contribution in [2.24, 2.45) is 0 Å². The summed E-state index contributed by atoms with van der Waals surface area (Å²) in [6.45, 7) is 1.29. The Labute approximate surface area is 52.2 Å². The highest BCUT2D eigenvalue weighted by Crippen LogP contribution is 2.13. The minimum Gasteiger partial charge on any atom is -0.369 e. The van der Waals surface area contributed by atoms with Crippen molar-refractivity contribution < 1.29 is 13.5 Å². The standard InChI is InChI=1S/C5H8F2NO/c6-5(7)4-3-8-1-2-9-4/h4,8H,1-3H2. The number of morpholine rings is 1. The van der Waals surface area contributed by atoms with E-state index < -0.39 is 12.5 Å². The highest BCUT2D eigenvalue weighted by molar-refractivity contribution is 4.79. The van der Waals surface area contributed by atoms with E-state index in [-0.39, 0.29) is 6.54 Å². The first-order valence-electron chi connectivity index (χ1n) is 2.81. The van der Waals surface area contributed by atoms with Gasteiger partial charge in [-0.25, -0.2) is 0 Å². The third-order valence-corrected chi connectivity index (χ3v) is 1.17. The number of hydrogen-bond donors (Lipinski definition) is 1. The van der Waals surface area contributed by atoms with Gasteiger partial charge in [-0.15, -0.1) is 0 Å². The van der Waals surface area contributed by atoms with Gasteiger partial charge in [-0.2, -0.15) is 8.78 Å². The smallest absolute Gasteiger partial charge is 0.339 e. The molecule has 1 aliphatic rings. The van der Waals surface area contributed by atoms with E-state index in [0.717, 1.165) is 0 Å². The summed E-state index contributed by atoms with van der Waals surface area (Å²) in [5, 5.41) is 2.79. The van der Waals surface area contributed by atoms with Gasteiger partial charge in [0.2, 0.25) is 0 Å². The Bertz CT molecular complexity index is 83.0. The molecular formula is C5H8F2NO. The number of halogens is 2. The molecule has 1 saturated heterocycles. The maximum absolute atomic E-state index is 11.7. The lowest BCUT2D eigenvalue weighted by Crippen LogP contribution is -2.39. The molecule has 53 valence electrons. The van der Waals surface area contributed by atoms with Crippen LogP contribution >= 0.6 is 0 Å². The molecule has 1 heterocycles. The quantitative estimate of drug-likeness (QED) is 0.563. The molecule has 1 N–H and O–H groups in total. The summed E-state index contributed by atoms with van der Waals surface area (Å²) < 4.78 is 28.0. The van der Waals surface area contributed by atoms with E-state index in [0.29, 0.717) is 13.2 Å². The van der Waals surface area contributed by atoms with Gasteiger partial charge in [0.05, 0.1) is 6.61 Å². The molecule has 0 aromatic heterocycles. The SMILES string of the molecule is F[C](F)C1CNCCO1. The molecule has 1 rings (SSSR count). The van der Waals surface area contributed by atoms with Crippen molar-refractivity contribution in [2.45, 2.75) is 6.10 Å². The maximum atomic E-state index is 11.7. The van der Waals surface area contributed by atoms with Crippen molar-refractivity contribution in [3.8, 4) is 0 Å². The van der Waals surface area contributed by atoms with Crippen LogP contribution in [0.5, 0.6) is 0 Å². The van der Waals surface area contributed by atoms with E-state index in [4.69, 9.17) is 0 Å². The van der Waals surface area contributed by atoms with Gasteiger partial charge in [0, 0.05) is 13.1 Å². The van der Waals surface area contributed by atoms with E-state index in [1.54, 1.807) is 0 Å². The first kappa shape index (κ1) is 6.89. The fourth-order valence-corrected chi connectivity index (χ4v) is 0.706. The molecule has 2 nitrogen and oxygen atoms in total. The highest BCUT2D eigenvalue weighted by atomic mass is 19.3. The van der Waals surface area contributed by atoms with Crippen LogP contribution in [0.3, 0.4) is 0 Å². The summed E-state index contributed by atoms with van der Waals surface area (Å²) in [5.74, 6) is 0. The van der Waals surface area contributed by atoms with Crippen LogP contribution in [0.4, 0.5) is 8.78 Å². The molecule has 1 atom stereocenters. The van der Waals surface area contributed by atoms with Crippen LogP contribution in [0, 0.1) is 6.43 Å². The Morgan fingerprint density at radius 2 is 2.33 bits per heavy atom. The summed E-state index contributed by atoms with van der Waals surface area (Å²) in [6.07, 6.45) is -2.61. The van der Waals surface area contributed by atoms with Crippen LogP contribution in [-0.4, -0.2) is 25.8 Å². The van der Waals surface area contributed by atoms with Crippen LogP contribution in [0.15, 0.2) is 0 Å². The molecule has 1 fully saturated rings. The zero-order valence-electron chi connectivity index (χ0n) is 4.86. The van der Waals surface area contributed by atoms with Crippen molar-refractivity contribution in [3.05, 3.63) is 6.43 Å². The average molecular weight is 136 g/mol. The van der Waals surface area contributed by atoms with Crippen molar-refractivity contribution in [3.63, 3.8) is 0 Å². The van der Waals surface area contributed by atoms with Gasteiger partial charge in [0.15, 0.2) is 0 Å². The molecule has 1 unspecified atom stereocenters. The van der Waals surface area contributed by atoms with Crippen LogP contribution in [0.2, 0.25) is 0 Å². The third kappa shape index (κ3) is 1.87. The zero-order valence-corrected chi connectivity index (χ0v) is 4.86. The van der Waals surface area contributed by atoms with Gasteiger partial charge < -0.3 is 10.1 Å². The fourth-order valence-electron chi connectivity index (χ4n) is 0.706. The minimum absolute atomic E-state index is 0.238. The second kappa shape index (κ2) is 3.08. The van der Waals surface area contributed by atoms with Crippen molar-refractivity contribution in [1.29, 1.82) is 0 Å². The third-order valence-electron chi connectivity index (χ3n) is 1.17. The van der Waals surface area contributed by atoms with E-state index >= 15 is 0 Å². The fraction of sp³-hybridized carbons (Fsp3) is 0.800. The summed E-state index contributed by atoms with van der Waals surface area (Å²) in [6, 6.07) is 0. The van der Waals surface area contributed by atoms with E-state index in [2.05, 4.69) is 10.1 Å². The van der Waals surface area contributed by atoms with Crippen molar-refractivity contribution in [1.82, 2.24) is 5.32 Å². The Morgan fingerprint density at radius 3 is 2.67 bits per heavy atom. The van der Waals surface area contributed by atoms with Crippen LogP contribution < -0.4 is 5.32 Å². The average Bonchev–Trinajstić information content (AvgIpc) is 1.90. The number of hydrogen-bond acceptors (Lipinski definition) is 2. The first-order chi connectivity index (χ1) is 4.30. The normalized spacial score (nSPS) is 29.0. The largest absolute Gasteiger partial charge is 0.369 e. The molecule has 0 bridgehead atoms. The molecule has 0 spiro atoms. The van der Waals surface area contributed by atoms with Gasteiger partial charge in [-0.05, 0) is 0 Å². The van der Waals surface area contributed by atoms with E-state index in [9.17, 15) is 8.78 Å². The highest BCUT2D eigenvalue weighted by Gasteiger charge is 2.24. The molecule has 4 heteroatoms. The lowest BCUT2D eigenvalue weighted by molar-refractivity contribution is -0.0137. The number of nitrogens with one attached hydrogen (secondary N) is 1. The van der Waals surface area contributed by atoms with E-state index in [1.807, 2.05) is 0 Å². The van der Waals surface area contributed by atoms with Gasteiger partial charge in [0.1, 0.15) is 6.10 Å². The Morgan fingerprint density at radius 1 is 1.56 bits per heavy atom.